The normalized spacial score (nSPS) is 14.4. The van der Waals surface area contributed by atoms with Crippen LogP contribution in [0.2, 0.25) is 0 Å². The molecule has 0 atom stereocenters. The topological polar surface area (TPSA) is 75.4 Å². The molecule has 2 aromatic heterocycles. The van der Waals surface area contributed by atoms with Gasteiger partial charge in [0.25, 0.3) is 5.91 Å². The Morgan fingerprint density at radius 1 is 1.08 bits per heavy atom. The van der Waals surface area contributed by atoms with Crippen LogP contribution in [-0.2, 0) is 0 Å². The van der Waals surface area contributed by atoms with Gasteiger partial charge in [0.05, 0.1) is 11.9 Å². The van der Waals surface area contributed by atoms with Crippen LogP contribution in [0.5, 0.6) is 0 Å². The number of nitrogens with zero attached hydrogens (tertiary/aromatic N) is 2. The van der Waals surface area contributed by atoms with Gasteiger partial charge in [0.2, 0.25) is 0 Å². The van der Waals surface area contributed by atoms with Crippen LogP contribution in [0.3, 0.4) is 0 Å². The molecular weight excluding hydrogens is 330 g/mol. The lowest BCUT2D eigenvalue weighted by atomic mass is 10.1. The zero-order valence-electron chi connectivity index (χ0n) is 14.3. The molecule has 0 bridgehead atoms. The maximum Gasteiger partial charge on any atom is 0.349 e. The Morgan fingerprint density at radius 2 is 1.88 bits per heavy atom. The summed E-state index contributed by atoms with van der Waals surface area (Å²) in [5.74, 6) is 0.407. The molecule has 0 radical (unpaired) electrons. The SMILES string of the molecule is O=C(Nc1ccc(N2CCCCC2)nc1)c1cc2ccccc2oc1=O. The number of hydrogen-bond donors (Lipinski definition) is 1. The number of rotatable bonds is 3. The van der Waals surface area contributed by atoms with E-state index in [0.29, 0.717) is 16.7 Å². The van der Waals surface area contributed by atoms with Crippen molar-refractivity contribution in [1.29, 1.82) is 0 Å². The smallest absolute Gasteiger partial charge is 0.349 e. The van der Waals surface area contributed by atoms with Gasteiger partial charge in [-0.3, -0.25) is 4.79 Å². The molecule has 1 fully saturated rings. The van der Waals surface area contributed by atoms with Crippen molar-refractivity contribution in [3.05, 3.63) is 64.6 Å². The van der Waals surface area contributed by atoms with Crippen molar-refractivity contribution in [2.45, 2.75) is 19.3 Å². The molecule has 0 aliphatic carbocycles. The first-order valence-electron chi connectivity index (χ1n) is 8.76. The maximum absolute atomic E-state index is 12.5. The predicted octanol–water partition coefficient (Wildman–Crippen LogP) is 3.43. The Hall–Kier alpha value is -3.15. The summed E-state index contributed by atoms with van der Waals surface area (Å²) in [5.41, 5.74) is 0.327. The van der Waals surface area contributed by atoms with Crippen molar-refractivity contribution in [2.24, 2.45) is 0 Å². The maximum atomic E-state index is 12.5. The van der Waals surface area contributed by atoms with Gasteiger partial charge < -0.3 is 14.6 Å². The number of aromatic nitrogens is 1. The average molecular weight is 349 g/mol. The van der Waals surface area contributed by atoms with E-state index in [9.17, 15) is 9.59 Å². The highest BCUT2D eigenvalue weighted by Crippen LogP contribution is 2.19. The summed E-state index contributed by atoms with van der Waals surface area (Å²) in [6, 6.07) is 12.3. The van der Waals surface area contributed by atoms with Gasteiger partial charge in [0.1, 0.15) is 17.0 Å². The van der Waals surface area contributed by atoms with Crippen molar-refractivity contribution in [3.63, 3.8) is 0 Å². The van der Waals surface area contributed by atoms with Crippen molar-refractivity contribution in [1.82, 2.24) is 4.98 Å². The number of carbonyl (C=O) groups excluding carboxylic acids is 1. The van der Waals surface area contributed by atoms with Gasteiger partial charge in [0.15, 0.2) is 0 Å². The summed E-state index contributed by atoms with van der Waals surface area (Å²) in [6.45, 7) is 2.02. The van der Waals surface area contributed by atoms with Gasteiger partial charge in [-0.15, -0.1) is 0 Å². The molecule has 0 spiro atoms. The van der Waals surface area contributed by atoms with E-state index in [1.54, 1.807) is 36.5 Å². The Morgan fingerprint density at radius 3 is 2.65 bits per heavy atom. The van der Waals surface area contributed by atoms with Crippen LogP contribution in [-0.4, -0.2) is 24.0 Å². The van der Waals surface area contributed by atoms with Crippen LogP contribution in [0.25, 0.3) is 11.0 Å². The van der Waals surface area contributed by atoms with E-state index in [2.05, 4.69) is 15.2 Å². The molecule has 1 amide bonds. The minimum Gasteiger partial charge on any atom is -0.422 e. The van der Waals surface area contributed by atoms with E-state index in [-0.39, 0.29) is 5.56 Å². The highest BCUT2D eigenvalue weighted by molar-refractivity contribution is 6.05. The van der Waals surface area contributed by atoms with Crippen LogP contribution in [0.15, 0.2) is 57.9 Å². The molecule has 1 aliphatic rings. The second-order valence-electron chi connectivity index (χ2n) is 6.39. The number of benzene rings is 1. The molecule has 3 heterocycles. The van der Waals surface area contributed by atoms with E-state index in [1.165, 1.54) is 19.3 Å². The molecule has 132 valence electrons. The molecule has 0 saturated carbocycles. The number of para-hydroxylation sites is 1. The minimum atomic E-state index is -0.654. The van der Waals surface area contributed by atoms with Crippen molar-refractivity contribution < 1.29 is 9.21 Å². The molecule has 0 unspecified atom stereocenters. The van der Waals surface area contributed by atoms with E-state index in [4.69, 9.17) is 4.42 Å². The van der Waals surface area contributed by atoms with E-state index in [1.807, 2.05) is 12.1 Å². The van der Waals surface area contributed by atoms with Crippen LogP contribution in [0.4, 0.5) is 11.5 Å². The van der Waals surface area contributed by atoms with Gasteiger partial charge >= 0.3 is 5.63 Å². The summed E-state index contributed by atoms with van der Waals surface area (Å²) in [6.07, 6.45) is 5.24. The highest BCUT2D eigenvalue weighted by atomic mass is 16.4. The van der Waals surface area contributed by atoms with E-state index in [0.717, 1.165) is 18.9 Å². The van der Waals surface area contributed by atoms with Crippen LogP contribution in [0, 0.1) is 0 Å². The summed E-state index contributed by atoms with van der Waals surface area (Å²) < 4.78 is 5.21. The largest absolute Gasteiger partial charge is 0.422 e. The standard InChI is InChI=1S/C20H19N3O3/c24-19(16-12-14-6-2-3-7-17(14)26-20(16)25)22-15-8-9-18(21-13-15)23-10-4-1-5-11-23/h2-3,6-9,12-13H,1,4-5,10-11H2,(H,22,24). The molecule has 1 aromatic carbocycles. The van der Waals surface area contributed by atoms with Crippen LogP contribution >= 0.6 is 0 Å². The highest BCUT2D eigenvalue weighted by Gasteiger charge is 2.15. The Labute approximate surface area is 150 Å². The zero-order valence-corrected chi connectivity index (χ0v) is 14.3. The van der Waals surface area contributed by atoms with E-state index >= 15 is 0 Å². The number of anilines is 2. The molecule has 6 heteroatoms. The molecular formula is C20H19N3O3. The first-order valence-corrected chi connectivity index (χ1v) is 8.76. The second kappa shape index (κ2) is 7.00. The second-order valence-corrected chi connectivity index (χ2v) is 6.39. The summed E-state index contributed by atoms with van der Waals surface area (Å²) in [7, 11) is 0. The molecule has 1 N–H and O–H groups in total. The lowest BCUT2D eigenvalue weighted by Gasteiger charge is -2.27. The third kappa shape index (κ3) is 3.31. The lowest BCUT2D eigenvalue weighted by Crippen LogP contribution is -2.30. The summed E-state index contributed by atoms with van der Waals surface area (Å²) in [4.78, 5) is 31.2. The molecule has 26 heavy (non-hydrogen) atoms. The number of hydrogen-bond acceptors (Lipinski definition) is 5. The summed E-state index contributed by atoms with van der Waals surface area (Å²) in [5, 5.41) is 3.42. The number of carbonyl (C=O) groups is 1. The van der Waals surface area contributed by atoms with Gasteiger partial charge in [-0.1, -0.05) is 18.2 Å². The van der Waals surface area contributed by atoms with Gasteiger partial charge in [-0.2, -0.15) is 0 Å². The molecule has 1 aliphatic heterocycles. The Balaban J connectivity index is 1.52. The van der Waals surface area contributed by atoms with Crippen molar-refractivity contribution in [2.75, 3.05) is 23.3 Å². The molecule has 1 saturated heterocycles. The van der Waals surface area contributed by atoms with Crippen LogP contribution < -0.4 is 15.8 Å². The Kier molecular flexibility index (Phi) is 4.39. The molecule has 4 rings (SSSR count). The number of amides is 1. The number of pyridine rings is 1. The minimum absolute atomic E-state index is 0.0243. The average Bonchev–Trinajstić information content (AvgIpc) is 2.68. The fraction of sp³-hybridized carbons (Fsp3) is 0.250. The quantitative estimate of drug-likeness (QED) is 0.733. The number of nitrogens with one attached hydrogen (secondary N) is 1. The monoisotopic (exact) mass is 349 g/mol. The third-order valence-electron chi connectivity index (χ3n) is 4.57. The van der Waals surface area contributed by atoms with Crippen molar-refractivity contribution >= 4 is 28.4 Å². The zero-order chi connectivity index (χ0) is 17.9. The van der Waals surface area contributed by atoms with Crippen LogP contribution in [0.1, 0.15) is 29.6 Å². The third-order valence-corrected chi connectivity index (χ3v) is 4.57. The molecule has 3 aromatic rings. The fourth-order valence-electron chi connectivity index (χ4n) is 3.19. The number of piperidine rings is 1. The fourth-order valence-corrected chi connectivity index (χ4v) is 3.19. The predicted molar refractivity (Wildman–Crippen MR) is 101 cm³/mol. The number of fused-ring (bicyclic) bond motifs is 1. The van der Waals surface area contributed by atoms with Gasteiger partial charge in [0, 0.05) is 18.5 Å². The van der Waals surface area contributed by atoms with Crippen molar-refractivity contribution in [3.8, 4) is 0 Å². The van der Waals surface area contributed by atoms with Gasteiger partial charge in [-0.25, -0.2) is 9.78 Å². The lowest BCUT2D eigenvalue weighted by molar-refractivity contribution is 0.102. The summed E-state index contributed by atoms with van der Waals surface area (Å²) >= 11 is 0. The first kappa shape index (κ1) is 16.3. The molecule has 6 nitrogen and oxygen atoms in total. The van der Waals surface area contributed by atoms with Gasteiger partial charge in [-0.05, 0) is 43.5 Å². The first-order chi connectivity index (χ1) is 12.7. The Bertz CT molecular complexity index is 989. The van der Waals surface area contributed by atoms with E-state index < -0.39 is 11.5 Å².